The third-order valence-electron chi connectivity index (χ3n) is 5.48. The lowest BCUT2D eigenvalue weighted by atomic mass is 10.1. The van der Waals surface area contributed by atoms with E-state index in [1.807, 2.05) is 49.6 Å². The van der Waals surface area contributed by atoms with Gasteiger partial charge in [-0.15, -0.1) is 10.2 Å². The largest absolute Gasteiger partial charge is 0.326 e. The summed E-state index contributed by atoms with van der Waals surface area (Å²) in [5.41, 5.74) is 5.13. The molecule has 9 heteroatoms. The molecular weight excluding hydrogens is 494 g/mol. The molecule has 0 bridgehead atoms. The Labute approximate surface area is 219 Å². The van der Waals surface area contributed by atoms with E-state index in [4.69, 9.17) is 11.6 Å². The van der Waals surface area contributed by atoms with Crippen LogP contribution >= 0.6 is 23.4 Å². The Balaban J connectivity index is 1.63. The molecule has 0 aliphatic heterocycles. The van der Waals surface area contributed by atoms with E-state index in [1.165, 1.54) is 18.7 Å². The second-order valence-corrected chi connectivity index (χ2v) is 10.1. The fraction of sp³-hybridized carbons (Fsp3) is 0.185. The van der Waals surface area contributed by atoms with Crippen molar-refractivity contribution in [1.82, 2.24) is 14.8 Å². The number of hydrogen-bond donors (Lipinski definition) is 2. The van der Waals surface area contributed by atoms with Crippen molar-refractivity contribution in [3.63, 3.8) is 0 Å². The van der Waals surface area contributed by atoms with Crippen LogP contribution in [0.5, 0.6) is 0 Å². The van der Waals surface area contributed by atoms with Crippen LogP contribution in [0, 0.1) is 13.8 Å². The van der Waals surface area contributed by atoms with Gasteiger partial charge in [0.15, 0.2) is 11.0 Å². The second-order valence-electron chi connectivity index (χ2n) is 8.42. The number of anilines is 2. The fourth-order valence-corrected chi connectivity index (χ4v) is 4.72. The summed E-state index contributed by atoms with van der Waals surface area (Å²) in [6.45, 7) is 7.33. The van der Waals surface area contributed by atoms with Gasteiger partial charge < -0.3 is 10.6 Å². The normalized spacial score (nSPS) is 11.7. The fourth-order valence-electron chi connectivity index (χ4n) is 3.64. The van der Waals surface area contributed by atoms with Crippen molar-refractivity contribution in [3.8, 4) is 17.1 Å². The summed E-state index contributed by atoms with van der Waals surface area (Å²) in [7, 11) is 0. The van der Waals surface area contributed by atoms with Gasteiger partial charge >= 0.3 is 0 Å². The monoisotopic (exact) mass is 519 g/mol. The predicted molar refractivity (Wildman–Crippen MR) is 146 cm³/mol. The molecule has 184 valence electrons. The number of nitrogens with one attached hydrogen (secondary N) is 2. The summed E-state index contributed by atoms with van der Waals surface area (Å²) < 4.78 is 1.96. The molecule has 0 fully saturated rings. The van der Waals surface area contributed by atoms with Gasteiger partial charge in [0.05, 0.1) is 16.0 Å². The lowest BCUT2D eigenvalue weighted by Crippen LogP contribution is -2.23. The zero-order valence-electron chi connectivity index (χ0n) is 20.4. The predicted octanol–water partition coefficient (Wildman–Crippen LogP) is 6.28. The van der Waals surface area contributed by atoms with Crippen molar-refractivity contribution in [2.45, 2.75) is 38.1 Å². The van der Waals surface area contributed by atoms with Crippen LogP contribution in [0.4, 0.5) is 11.4 Å². The van der Waals surface area contributed by atoms with E-state index >= 15 is 0 Å². The van der Waals surface area contributed by atoms with Crippen LogP contribution in [-0.4, -0.2) is 31.8 Å². The smallest absolute Gasteiger partial charge is 0.237 e. The summed E-state index contributed by atoms with van der Waals surface area (Å²) in [4.78, 5) is 24.2. The molecule has 1 heterocycles. The first-order valence-corrected chi connectivity index (χ1v) is 12.6. The van der Waals surface area contributed by atoms with Gasteiger partial charge in [-0.1, -0.05) is 47.6 Å². The Morgan fingerprint density at radius 1 is 0.944 bits per heavy atom. The minimum atomic E-state index is -0.466. The lowest BCUT2D eigenvalue weighted by Gasteiger charge is -2.16. The summed E-state index contributed by atoms with van der Waals surface area (Å²) in [5, 5.41) is 15.2. The third kappa shape index (κ3) is 5.78. The number of benzene rings is 3. The maximum Gasteiger partial charge on any atom is 0.237 e. The number of carbonyl (C=O) groups is 2. The van der Waals surface area contributed by atoms with E-state index in [0.29, 0.717) is 27.4 Å². The molecule has 2 N–H and O–H groups in total. The van der Waals surface area contributed by atoms with Crippen molar-refractivity contribution in [3.05, 3.63) is 82.9 Å². The first kappa shape index (κ1) is 25.5. The van der Waals surface area contributed by atoms with Crippen LogP contribution in [0.3, 0.4) is 0 Å². The van der Waals surface area contributed by atoms with Gasteiger partial charge in [0, 0.05) is 23.9 Å². The van der Waals surface area contributed by atoms with Crippen molar-refractivity contribution < 1.29 is 9.59 Å². The van der Waals surface area contributed by atoms with E-state index in [9.17, 15) is 9.59 Å². The molecule has 0 spiro atoms. The standard InChI is InChI=1S/C27H26ClN5O2S/c1-16-9-10-17(2)24(15-16)33-25(22-7-5-6-8-23(22)28)31-32-27(33)36-18(3)26(35)30-21-13-11-20(12-14-21)29-19(4)34/h5-15,18H,1-4H3,(H,29,34)(H,30,35). The number of amides is 2. The topological polar surface area (TPSA) is 88.9 Å². The zero-order chi connectivity index (χ0) is 25.8. The van der Waals surface area contributed by atoms with Crippen LogP contribution in [0.25, 0.3) is 17.1 Å². The number of aryl methyl sites for hydroxylation is 2. The summed E-state index contributed by atoms with van der Waals surface area (Å²) >= 11 is 7.83. The highest BCUT2D eigenvalue weighted by Crippen LogP contribution is 2.34. The van der Waals surface area contributed by atoms with Gasteiger partial charge in [0.2, 0.25) is 11.8 Å². The quantitative estimate of drug-likeness (QED) is 0.280. The highest BCUT2D eigenvalue weighted by atomic mass is 35.5. The first-order valence-electron chi connectivity index (χ1n) is 11.4. The molecule has 3 aromatic carbocycles. The van der Waals surface area contributed by atoms with Gasteiger partial charge in [-0.3, -0.25) is 14.2 Å². The van der Waals surface area contributed by atoms with Crippen LogP contribution < -0.4 is 10.6 Å². The third-order valence-corrected chi connectivity index (χ3v) is 6.85. The number of aromatic nitrogens is 3. The molecule has 2 amide bonds. The van der Waals surface area contributed by atoms with Crippen molar-refractivity contribution in [1.29, 1.82) is 0 Å². The maximum atomic E-state index is 13.0. The van der Waals surface area contributed by atoms with Crippen LogP contribution in [-0.2, 0) is 9.59 Å². The van der Waals surface area contributed by atoms with Gasteiger partial charge in [0.1, 0.15) is 0 Å². The van der Waals surface area contributed by atoms with Crippen LogP contribution in [0.2, 0.25) is 5.02 Å². The van der Waals surface area contributed by atoms with E-state index in [-0.39, 0.29) is 11.8 Å². The van der Waals surface area contributed by atoms with Gasteiger partial charge in [-0.25, -0.2) is 0 Å². The SMILES string of the molecule is CC(=O)Nc1ccc(NC(=O)C(C)Sc2nnc(-c3ccccc3Cl)n2-c2cc(C)ccc2C)cc1. The van der Waals surface area contributed by atoms with Crippen molar-refractivity contribution in [2.24, 2.45) is 0 Å². The van der Waals surface area contributed by atoms with E-state index in [1.54, 1.807) is 24.3 Å². The highest BCUT2D eigenvalue weighted by molar-refractivity contribution is 8.00. The van der Waals surface area contributed by atoms with Crippen LogP contribution in [0.15, 0.2) is 71.9 Å². The number of thioether (sulfide) groups is 1. The molecule has 7 nitrogen and oxygen atoms in total. The number of nitrogens with zero attached hydrogens (tertiary/aromatic N) is 3. The van der Waals surface area contributed by atoms with E-state index < -0.39 is 5.25 Å². The Morgan fingerprint density at radius 2 is 1.61 bits per heavy atom. The van der Waals surface area contributed by atoms with E-state index in [0.717, 1.165) is 22.4 Å². The zero-order valence-corrected chi connectivity index (χ0v) is 21.9. The Morgan fingerprint density at radius 3 is 2.28 bits per heavy atom. The van der Waals surface area contributed by atoms with E-state index in [2.05, 4.69) is 39.0 Å². The second kappa shape index (κ2) is 11.0. The summed E-state index contributed by atoms with van der Waals surface area (Å²) in [6.07, 6.45) is 0. The maximum absolute atomic E-state index is 13.0. The molecule has 1 unspecified atom stereocenters. The Kier molecular flexibility index (Phi) is 7.76. The molecule has 1 aromatic heterocycles. The molecule has 0 aliphatic carbocycles. The van der Waals surface area contributed by atoms with Crippen LogP contribution in [0.1, 0.15) is 25.0 Å². The summed E-state index contributed by atoms with van der Waals surface area (Å²) in [6, 6.07) is 20.6. The molecular formula is C27H26ClN5O2S. The molecule has 1 atom stereocenters. The Hall–Kier alpha value is -3.62. The molecule has 4 aromatic rings. The number of rotatable bonds is 7. The minimum absolute atomic E-state index is 0.152. The molecule has 0 radical (unpaired) electrons. The minimum Gasteiger partial charge on any atom is -0.326 e. The van der Waals surface area contributed by atoms with Crippen molar-refractivity contribution in [2.75, 3.05) is 10.6 Å². The number of halogens is 1. The molecule has 4 rings (SSSR count). The first-order chi connectivity index (χ1) is 17.2. The van der Waals surface area contributed by atoms with Gasteiger partial charge in [-0.05, 0) is 74.4 Å². The highest BCUT2D eigenvalue weighted by Gasteiger charge is 2.23. The molecule has 0 saturated heterocycles. The average molecular weight is 520 g/mol. The molecule has 0 aliphatic rings. The molecule has 0 saturated carbocycles. The average Bonchev–Trinajstić information content (AvgIpc) is 3.24. The van der Waals surface area contributed by atoms with Gasteiger partial charge in [0.25, 0.3) is 0 Å². The van der Waals surface area contributed by atoms with Crippen molar-refractivity contribution >= 4 is 46.6 Å². The molecule has 36 heavy (non-hydrogen) atoms. The number of hydrogen-bond acceptors (Lipinski definition) is 5. The number of carbonyl (C=O) groups excluding carboxylic acids is 2. The summed E-state index contributed by atoms with van der Waals surface area (Å²) in [5.74, 6) is 0.279. The van der Waals surface area contributed by atoms with Gasteiger partial charge in [-0.2, -0.15) is 0 Å². The Bertz CT molecular complexity index is 1420. The lowest BCUT2D eigenvalue weighted by molar-refractivity contribution is -0.115.